The van der Waals surface area contributed by atoms with Crippen LogP contribution >= 0.6 is 0 Å². The first-order valence-electron chi connectivity index (χ1n) is 5.62. The van der Waals surface area contributed by atoms with Gasteiger partial charge in [-0.3, -0.25) is 0 Å². The molecule has 3 N–H and O–H groups in total. The summed E-state index contributed by atoms with van der Waals surface area (Å²) in [5.41, 5.74) is 0.775. The normalized spacial score (nSPS) is 27.1. The quantitative estimate of drug-likeness (QED) is 0.630. The van der Waals surface area contributed by atoms with Gasteiger partial charge in [0.15, 0.2) is 0 Å². The van der Waals surface area contributed by atoms with Gasteiger partial charge in [0.25, 0.3) is 0 Å². The van der Waals surface area contributed by atoms with Crippen LogP contribution < -0.4 is 10.4 Å². The molecule has 0 bridgehead atoms. The summed E-state index contributed by atoms with van der Waals surface area (Å²) in [7, 11) is 0. The van der Waals surface area contributed by atoms with Gasteiger partial charge in [0.1, 0.15) is 12.3 Å². The Hall–Kier alpha value is -1.63. The highest BCUT2D eigenvalue weighted by molar-refractivity contribution is 5.86. The van der Waals surface area contributed by atoms with E-state index in [4.69, 9.17) is 9.84 Å². The van der Waals surface area contributed by atoms with E-state index in [-0.39, 0.29) is 12.2 Å². The van der Waals surface area contributed by atoms with Crippen molar-refractivity contribution in [1.29, 1.82) is 0 Å². The number of ether oxygens (including phenoxy) is 1. The Bertz CT molecular complexity index is 419. The molecule has 0 radical (unpaired) electrons. The van der Waals surface area contributed by atoms with E-state index >= 15 is 0 Å². The van der Waals surface area contributed by atoms with E-state index in [2.05, 4.69) is 5.32 Å². The van der Waals surface area contributed by atoms with Crippen molar-refractivity contribution < 1.29 is 24.9 Å². The number of carboxylic acids is 1. The highest BCUT2D eigenvalue weighted by Crippen LogP contribution is 2.22. The zero-order valence-corrected chi connectivity index (χ0v) is 9.57. The number of carbonyl (C=O) groups excluding carboxylic acids is 1. The number of benzene rings is 1. The Morgan fingerprint density at radius 1 is 1.44 bits per heavy atom. The van der Waals surface area contributed by atoms with Crippen molar-refractivity contribution in [2.45, 2.75) is 24.9 Å². The lowest BCUT2D eigenvalue weighted by molar-refractivity contribution is -0.255. The van der Waals surface area contributed by atoms with Gasteiger partial charge in [0.2, 0.25) is 0 Å². The first-order chi connectivity index (χ1) is 8.60. The fraction of sp³-hybridized carbons (Fsp3) is 0.417. The van der Waals surface area contributed by atoms with Crippen LogP contribution in [0.25, 0.3) is 0 Å². The molecule has 0 aliphatic carbocycles. The van der Waals surface area contributed by atoms with Crippen LogP contribution in [0.3, 0.4) is 0 Å². The highest BCUT2D eigenvalue weighted by Gasteiger charge is 2.33. The molecule has 1 saturated heterocycles. The maximum absolute atomic E-state index is 10.6. The molecule has 0 unspecified atom stereocenters. The summed E-state index contributed by atoms with van der Waals surface area (Å²) >= 11 is 0. The molecule has 1 aliphatic rings. The molecule has 1 fully saturated rings. The number of aliphatic hydroxyl groups excluding tert-OH is 2. The Balaban J connectivity index is 1.96. The molecule has 1 heterocycles. The third kappa shape index (κ3) is 2.79. The zero-order valence-electron chi connectivity index (χ0n) is 9.57. The van der Waals surface area contributed by atoms with E-state index in [9.17, 15) is 15.0 Å². The molecule has 6 nitrogen and oxygen atoms in total. The molecule has 1 aromatic rings. The number of hydrogen-bond acceptors (Lipinski definition) is 6. The van der Waals surface area contributed by atoms with Crippen LogP contribution in [0.4, 0.5) is 5.69 Å². The van der Waals surface area contributed by atoms with Crippen molar-refractivity contribution in [2.75, 3.05) is 11.9 Å². The molecule has 0 amide bonds. The molecular formula is C12H14NO5-. The molecule has 2 rings (SSSR count). The third-order valence-electron chi connectivity index (χ3n) is 2.85. The predicted octanol–water partition coefficient (Wildman–Crippen LogP) is -1.07. The average molecular weight is 252 g/mol. The van der Waals surface area contributed by atoms with Gasteiger partial charge in [0, 0.05) is 12.1 Å². The summed E-state index contributed by atoms with van der Waals surface area (Å²) in [6, 6.07) is 6.03. The number of carboxylic acid groups (broad SMARTS) is 1. The Labute approximate surface area is 104 Å². The van der Waals surface area contributed by atoms with Crippen LogP contribution in [0.5, 0.6) is 0 Å². The number of aromatic carboxylic acids is 1. The molecule has 1 aromatic carbocycles. The maximum Gasteiger partial charge on any atom is 0.130 e. The second-order valence-corrected chi connectivity index (χ2v) is 4.16. The zero-order chi connectivity index (χ0) is 13.1. The number of carbonyl (C=O) groups is 1. The minimum Gasteiger partial charge on any atom is -0.545 e. The van der Waals surface area contributed by atoms with Crippen molar-refractivity contribution in [3.63, 3.8) is 0 Å². The molecule has 98 valence electrons. The topological polar surface area (TPSA) is 102 Å². The lowest BCUT2D eigenvalue weighted by atomic mass is 10.2. The summed E-state index contributed by atoms with van der Waals surface area (Å²) in [4.78, 5) is 10.6. The minimum absolute atomic E-state index is 0.0983. The number of aliphatic hydroxyl groups is 2. The molecule has 0 aromatic heterocycles. The van der Waals surface area contributed by atoms with Gasteiger partial charge in [-0.25, -0.2) is 0 Å². The van der Waals surface area contributed by atoms with Crippen LogP contribution in [0.1, 0.15) is 16.8 Å². The number of anilines is 1. The third-order valence-corrected chi connectivity index (χ3v) is 2.85. The van der Waals surface area contributed by atoms with Crippen LogP contribution in [-0.4, -0.2) is 41.2 Å². The summed E-state index contributed by atoms with van der Waals surface area (Å²) in [6.07, 6.45) is -1.31. The maximum atomic E-state index is 10.6. The summed E-state index contributed by atoms with van der Waals surface area (Å²) in [6.45, 7) is -0.233. The van der Waals surface area contributed by atoms with Crippen LogP contribution in [0, 0.1) is 0 Å². The van der Waals surface area contributed by atoms with E-state index in [0.717, 1.165) is 0 Å². The Kier molecular flexibility index (Phi) is 3.81. The fourth-order valence-electron chi connectivity index (χ4n) is 1.87. The van der Waals surface area contributed by atoms with Gasteiger partial charge in [-0.1, -0.05) is 12.1 Å². The Morgan fingerprint density at radius 3 is 2.61 bits per heavy atom. The van der Waals surface area contributed by atoms with E-state index in [0.29, 0.717) is 12.1 Å². The lowest BCUT2D eigenvalue weighted by Gasteiger charge is -2.15. The van der Waals surface area contributed by atoms with Gasteiger partial charge in [-0.15, -0.1) is 0 Å². The molecule has 0 spiro atoms. The van der Waals surface area contributed by atoms with Gasteiger partial charge in [-0.2, -0.15) is 0 Å². The van der Waals surface area contributed by atoms with Crippen molar-refractivity contribution in [3.8, 4) is 0 Å². The van der Waals surface area contributed by atoms with Crippen LogP contribution in [0.2, 0.25) is 0 Å². The summed E-state index contributed by atoms with van der Waals surface area (Å²) in [5, 5.41) is 32.0. The van der Waals surface area contributed by atoms with Gasteiger partial charge >= 0.3 is 0 Å². The first kappa shape index (κ1) is 12.8. The minimum atomic E-state index is -1.23. The van der Waals surface area contributed by atoms with Crippen molar-refractivity contribution in [1.82, 2.24) is 0 Å². The van der Waals surface area contributed by atoms with E-state index in [1.54, 1.807) is 12.1 Å². The van der Waals surface area contributed by atoms with Gasteiger partial charge < -0.3 is 30.2 Å². The second kappa shape index (κ2) is 5.34. The SMILES string of the molecule is O=C([O-])c1ccc(N[C@@H]2C[C@@H](O)[C@H](CO)O2)cc1. The van der Waals surface area contributed by atoms with Crippen LogP contribution in [0.15, 0.2) is 24.3 Å². The standard InChI is InChI=1S/C12H15NO5/c14-6-10-9(15)5-11(18-10)13-8-3-1-7(2-4-8)12(16)17/h1-4,9-11,13-15H,5-6H2,(H,16,17)/p-1/t9-,10+,11+/m1/s1. The molecular weight excluding hydrogens is 238 g/mol. The first-order valence-corrected chi connectivity index (χ1v) is 5.62. The van der Waals surface area contributed by atoms with Crippen molar-refractivity contribution >= 4 is 11.7 Å². The number of rotatable bonds is 4. The molecule has 6 heteroatoms. The highest BCUT2D eigenvalue weighted by atomic mass is 16.5. The van der Waals surface area contributed by atoms with Crippen molar-refractivity contribution in [3.05, 3.63) is 29.8 Å². The van der Waals surface area contributed by atoms with Gasteiger partial charge in [0.05, 0.1) is 18.7 Å². The monoisotopic (exact) mass is 252 g/mol. The predicted molar refractivity (Wildman–Crippen MR) is 60.8 cm³/mol. The second-order valence-electron chi connectivity index (χ2n) is 4.16. The molecule has 1 aliphatic heterocycles. The fourth-order valence-corrected chi connectivity index (χ4v) is 1.87. The molecule has 18 heavy (non-hydrogen) atoms. The van der Waals surface area contributed by atoms with Gasteiger partial charge in [-0.05, 0) is 17.7 Å². The lowest BCUT2D eigenvalue weighted by Crippen LogP contribution is -2.25. The van der Waals surface area contributed by atoms with E-state index in [1.807, 2.05) is 0 Å². The number of nitrogens with one attached hydrogen (secondary N) is 1. The number of hydrogen-bond donors (Lipinski definition) is 3. The molecule has 3 atom stereocenters. The summed E-state index contributed by atoms with van der Waals surface area (Å²) in [5.74, 6) is -1.23. The van der Waals surface area contributed by atoms with Crippen molar-refractivity contribution in [2.24, 2.45) is 0 Å². The average Bonchev–Trinajstić information content (AvgIpc) is 2.70. The van der Waals surface area contributed by atoms with Crippen LogP contribution in [-0.2, 0) is 4.74 Å². The Morgan fingerprint density at radius 2 is 2.11 bits per heavy atom. The smallest absolute Gasteiger partial charge is 0.130 e. The van der Waals surface area contributed by atoms with E-state index in [1.165, 1.54) is 12.1 Å². The van der Waals surface area contributed by atoms with E-state index < -0.39 is 24.4 Å². The molecule has 0 saturated carbocycles. The largest absolute Gasteiger partial charge is 0.545 e. The summed E-state index contributed by atoms with van der Waals surface area (Å²) < 4.78 is 5.36.